The Morgan fingerprint density at radius 3 is 2.90 bits per heavy atom. The fourth-order valence-electron chi connectivity index (χ4n) is 1.91. The van der Waals surface area contributed by atoms with Gasteiger partial charge in [-0.05, 0) is 12.3 Å². The highest BCUT2D eigenvalue weighted by atomic mass is 32.2. The third-order valence-electron chi connectivity index (χ3n) is 3.04. The first-order valence-electron chi connectivity index (χ1n) is 6.76. The standard InChI is InChI=1S/C14H20N4OS2/c1-9(2)11(19)12-10(15)13(20-3)14(21-12)16-6-8-18-7-4-5-17-18/h4-5,7,9,16H,6,8,15H2,1-3H3. The zero-order valence-electron chi connectivity index (χ0n) is 12.4. The van der Waals surface area contributed by atoms with Crippen LogP contribution in [0.1, 0.15) is 23.5 Å². The molecule has 5 nitrogen and oxygen atoms in total. The molecule has 0 atom stereocenters. The fourth-order valence-corrected chi connectivity index (χ4v) is 4.06. The van der Waals surface area contributed by atoms with E-state index in [-0.39, 0.29) is 11.7 Å². The van der Waals surface area contributed by atoms with Crippen LogP contribution in [0.5, 0.6) is 0 Å². The molecule has 0 bridgehead atoms. The van der Waals surface area contributed by atoms with Crippen molar-refractivity contribution < 1.29 is 4.79 Å². The third kappa shape index (κ3) is 3.59. The molecule has 0 saturated heterocycles. The summed E-state index contributed by atoms with van der Waals surface area (Å²) in [4.78, 5) is 13.8. The monoisotopic (exact) mass is 324 g/mol. The van der Waals surface area contributed by atoms with Crippen molar-refractivity contribution in [1.29, 1.82) is 0 Å². The third-order valence-corrected chi connectivity index (χ3v) is 5.18. The van der Waals surface area contributed by atoms with E-state index in [1.807, 2.05) is 37.0 Å². The maximum atomic E-state index is 12.2. The summed E-state index contributed by atoms with van der Waals surface area (Å²) in [7, 11) is 0. The summed E-state index contributed by atoms with van der Waals surface area (Å²) in [6.07, 6.45) is 5.66. The van der Waals surface area contributed by atoms with E-state index < -0.39 is 0 Å². The van der Waals surface area contributed by atoms with Gasteiger partial charge in [-0.15, -0.1) is 23.1 Å². The second-order valence-corrected chi connectivity index (χ2v) is 6.76. The quantitative estimate of drug-likeness (QED) is 0.604. The second kappa shape index (κ2) is 7.00. The molecule has 3 N–H and O–H groups in total. The molecule has 0 aliphatic rings. The van der Waals surface area contributed by atoms with Gasteiger partial charge in [0.25, 0.3) is 0 Å². The van der Waals surface area contributed by atoms with Gasteiger partial charge in [-0.2, -0.15) is 5.10 Å². The van der Waals surface area contributed by atoms with Crippen LogP contribution in [0.25, 0.3) is 0 Å². The Hall–Kier alpha value is -1.47. The van der Waals surface area contributed by atoms with E-state index in [0.717, 1.165) is 23.0 Å². The molecule has 2 heterocycles. The lowest BCUT2D eigenvalue weighted by Gasteiger charge is -2.06. The summed E-state index contributed by atoms with van der Waals surface area (Å²) in [5.74, 6) is 0.0607. The van der Waals surface area contributed by atoms with Gasteiger partial charge in [0, 0.05) is 24.9 Å². The highest BCUT2D eigenvalue weighted by Crippen LogP contribution is 2.42. The summed E-state index contributed by atoms with van der Waals surface area (Å²) >= 11 is 3.02. The van der Waals surface area contributed by atoms with Crippen LogP contribution in [0.15, 0.2) is 23.4 Å². The zero-order valence-corrected chi connectivity index (χ0v) is 14.1. The van der Waals surface area contributed by atoms with Crippen molar-refractivity contribution in [2.45, 2.75) is 25.3 Å². The van der Waals surface area contributed by atoms with Crippen LogP contribution in [-0.4, -0.2) is 28.4 Å². The fraction of sp³-hybridized carbons (Fsp3) is 0.429. The second-order valence-electron chi connectivity index (χ2n) is 4.92. The Morgan fingerprint density at radius 2 is 2.33 bits per heavy atom. The first-order chi connectivity index (χ1) is 10.0. The van der Waals surface area contributed by atoms with Gasteiger partial charge in [-0.3, -0.25) is 9.48 Å². The topological polar surface area (TPSA) is 72.9 Å². The molecule has 2 aromatic rings. The van der Waals surface area contributed by atoms with Gasteiger partial charge in [0.15, 0.2) is 5.78 Å². The average molecular weight is 324 g/mol. The van der Waals surface area contributed by atoms with Crippen LogP contribution in [0, 0.1) is 5.92 Å². The average Bonchev–Trinajstić information content (AvgIpc) is 3.06. The Bertz CT molecular complexity index is 605. The molecule has 0 amide bonds. The highest BCUT2D eigenvalue weighted by Gasteiger charge is 2.22. The minimum atomic E-state index is -0.0439. The number of thiophene rings is 1. The predicted octanol–water partition coefficient (Wildman–Crippen LogP) is 3.20. The number of Topliss-reactive ketones (excluding diaryl/α,β-unsaturated/α-hetero) is 1. The van der Waals surface area contributed by atoms with Gasteiger partial charge >= 0.3 is 0 Å². The van der Waals surface area contributed by atoms with Crippen LogP contribution < -0.4 is 11.1 Å². The number of nitrogen functional groups attached to an aromatic ring is 1. The van der Waals surface area contributed by atoms with Gasteiger partial charge in [0.05, 0.1) is 22.0 Å². The number of anilines is 2. The molecule has 0 aromatic carbocycles. The van der Waals surface area contributed by atoms with E-state index in [9.17, 15) is 4.79 Å². The molecule has 7 heteroatoms. The first kappa shape index (κ1) is 15.9. The Labute approximate surface area is 132 Å². The van der Waals surface area contributed by atoms with Crippen molar-refractivity contribution in [2.75, 3.05) is 23.9 Å². The van der Waals surface area contributed by atoms with E-state index >= 15 is 0 Å². The van der Waals surface area contributed by atoms with Crippen molar-refractivity contribution in [3.05, 3.63) is 23.3 Å². The van der Waals surface area contributed by atoms with Crippen molar-refractivity contribution >= 4 is 39.6 Å². The molecule has 0 aliphatic heterocycles. The van der Waals surface area contributed by atoms with Crippen molar-refractivity contribution in [3.63, 3.8) is 0 Å². The molecule has 2 aromatic heterocycles. The van der Waals surface area contributed by atoms with Crippen LogP contribution in [0.2, 0.25) is 0 Å². The molecule has 21 heavy (non-hydrogen) atoms. The minimum absolute atomic E-state index is 0.0439. The molecular formula is C14H20N4OS2. The van der Waals surface area contributed by atoms with Crippen LogP contribution in [0.4, 0.5) is 10.7 Å². The van der Waals surface area contributed by atoms with Crippen LogP contribution in [0.3, 0.4) is 0 Å². The summed E-state index contributed by atoms with van der Waals surface area (Å²) in [5.41, 5.74) is 6.74. The lowest BCUT2D eigenvalue weighted by molar-refractivity contribution is 0.0944. The number of nitrogens with one attached hydrogen (secondary N) is 1. The highest BCUT2D eigenvalue weighted by molar-refractivity contribution is 7.99. The molecule has 0 unspecified atom stereocenters. The van der Waals surface area contributed by atoms with E-state index in [2.05, 4.69) is 10.4 Å². The van der Waals surface area contributed by atoms with E-state index in [1.54, 1.807) is 18.0 Å². The number of nitrogens with two attached hydrogens (primary N) is 1. The predicted molar refractivity (Wildman–Crippen MR) is 90.4 cm³/mol. The van der Waals surface area contributed by atoms with Gasteiger partial charge in [0.2, 0.25) is 0 Å². The van der Waals surface area contributed by atoms with Gasteiger partial charge in [-0.25, -0.2) is 0 Å². The Balaban J connectivity index is 2.11. The Kier molecular flexibility index (Phi) is 5.30. The number of ketones is 1. The number of nitrogens with zero attached hydrogens (tertiary/aromatic N) is 2. The zero-order chi connectivity index (χ0) is 15.4. The lowest BCUT2D eigenvalue weighted by Crippen LogP contribution is -2.10. The number of carbonyl (C=O) groups excluding carboxylic acids is 1. The number of aromatic nitrogens is 2. The van der Waals surface area contributed by atoms with Gasteiger partial charge < -0.3 is 11.1 Å². The van der Waals surface area contributed by atoms with E-state index in [1.165, 1.54) is 11.3 Å². The molecule has 0 spiro atoms. The largest absolute Gasteiger partial charge is 0.396 e. The number of carbonyl (C=O) groups is 1. The van der Waals surface area contributed by atoms with E-state index in [4.69, 9.17) is 5.73 Å². The van der Waals surface area contributed by atoms with Crippen molar-refractivity contribution in [2.24, 2.45) is 5.92 Å². The summed E-state index contributed by atoms with van der Waals surface area (Å²) < 4.78 is 1.86. The molecule has 2 rings (SSSR count). The molecular weight excluding hydrogens is 304 g/mol. The van der Waals surface area contributed by atoms with Crippen LogP contribution in [-0.2, 0) is 6.54 Å². The smallest absolute Gasteiger partial charge is 0.177 e. The van der Waals surface area contributed by atoms with Crippen molar-refractivity contribution in [1.82, 2.24) is 9.78 Å². The Morgan fingerprint density at radius 1 is 1.57 bits per heavy atom. The normalized spacial score (nSPS) is 11.0. The molecule has 0 fully saturated rings. The maximum absolute atomic E-state index is 12.2. The number of hydrogen-bond acceptors (Lipinski definition) is 6. The summed E-state index contributed by atoms with van der Waals surface area (Å²) in [6.45, 7) is 5.30. The molecule has 0 aliphatic carbocycles. The lowest BCUT2D eigenvalue weighted by atomic mass is 10.1. The van der Waals surface area contributed by atoms with Gasteiger partial charge in [0.1, 0.15) is 5.00 Å². The first-order valence-corrected chi connectivity index (χ1v) is 8.80. The van der Waals surface area contributed by atoms with E-state index in [0.29, 0.717) is 10.6 Å². The number of thioether (sulfide) groups is 1. The van der Waals surface area contributed by atoms with Crippen LogP contribution >= 0.6 is 23.1 Å². The SMILES string of the molecule is CSc1c(NCCn2cccn2)sc(C(=O)C(C)C)c1N. The maximum Gasteiger partial charge on any atom is 0.177 e. The molecule has 0 saturated carbocycles. The number of hydrogen-bond donors (Lipinski definition) is 2. The van der Waals surface area contributed by atoms with Gasteiger partial charge in [-0.1, -0.05) is 13.8 Å². The minimum Gasteiger partial charge on any atom is -0.396 e. The molecule has 0 radical (unpaired) electrons. The molecule has 114 valence electrons. The summed E-state index contributed by atoms with van der Waals surface area (Å²) in [6, 6.07) is 1.90. The summed E-state index contributed by atoms with van der Waals surface area (Å²) in [5, 5.41) is 8.49. The van der Waals surface area contributed by atoms with Crippen molar-refractivity contribution in [3.8, 4) is 0 Å². The number of rotatable bonds is 7.